The summed E-state index contributed by atoms with van der Waals surface area (Å²) in [7, 11) is 1.65. The van der Waals surface area contributed by atoms with E-state index in [1.807, 2.05) is 31.2 Å². The molecule has 0 saturated heterocycles. The summed E-state index contributed by atoms with van der Waals surface area (Å²) in [6.45, 7) is 1.95. The molecule has 0 aliphatic rings. The van der Waals surface area contributed by atoms with Crippen LogP contribution in [0, 0.1) is 0 Å². The molecule has 0 fully saturated rings. The first-order chi connectivity index (χ1) is 7.54. The standard InChI is InChI=1S/C12H17NO3/c1-8(16-2)9-3-5-10(6-4-9)11(13)7-12(14)15/h3-6,8,11H,7,13H2,1-2H3,(H,14,15). The predicted octanol–water partition coefficient (Wildman–Crippen LogP) is 1.87. The lowest BCUT2D eigenvalue weighted by Crippen LogP contribution is -2.15. The molecule has 88 valence electrons. The molecule has 0 spiro atoms. The van der Waals surface area contributed by atoms with Gasteiger partial charge >= 0.3 is 5.97 Å². The Labute approximate surface area is 95.0 Å². The quantitative estimate of drug-likeness (QED) is 0.799. The second kappa shape index (κ2) is 5.63. The van der Waals surface area contributed by atoms with Crippen LogP contribution >= 0.6 is 0 Å². The maximum atomic E-state index is 10.5. The number of aliphatic carboxylic acids is 1. The van der Waals surface area contributed by atoms with E-state index < -0.39 is 12.0 Å². The third-order valence-electron chi connectivity index (χ3n) is 2.58. The minimum absolute atomic E-state index is 0.0322. The smallest absolute Gasteiger partial charge is 0.305 e. The van der Waals surface area contributed by atoms with E-state index in [0.29, 0.717) is 0 Å². The SMILES string of the molecule is COC(C)c1ccc(C(N)CC(=O)O)cc1. The lowest BCUT2D eigenvalue weighted by atomic mass is 10.0. The number of methoxy groups -OCH3 is 1. The Kier molecular flexibility index (Phi) is 4.46. The summed E-state index contributed by atoms with van der Waals surface area (Å²) in [6.07, 6.45) is -0.0242. The van der Waals surface area contributed by atoms with E-state index >= 15 is 0 Å². The van der Waals surface area contributed by atoms with Gasteiger partial charge in [0.05, 0.1) is 12.5 Å². The zero-order chi connectivity index (χ0) is 12.1. The molecular weight excluding hydrogens is 206 g/mol. The van der Waals surface area contributed by atoms with Crippen LogP contribution in [-0.2, 0) is 9.53 Å². The van der Waals surface area contributed by atoms with Gasteiger partial charge in [0, 0.05) is 13.2 Å². The molecule has 1 rings (SSSR count). The van der Waals surface area contributed by atoms with Gasteiger partial charge in [-0.3, -0.25) is 4.79 Å². The highest BCUT2D eigenvalue weighted by atomic mass is 16.5. The Balaban J connectivity index is 2.74. The van der Waals surface area contributed by atoms with Crippen molar-refractivity contribution in [2.45, 2.75) is 25.5 Å². The lowest BCUT2D eigenvalue weighted by Gasteiger charge is -2.13. The van der Waals surface area contributed by atoms with Crippen molar-refractivity contribution < 1.29 is 14.6 Å². The first-order valence-electron chi connectivity index (χ1n) is 5.14. The number of carbonyl (C=O) groups is 1. The van der Waals surface area contributed by atoms with Crippen molar-refractivity contribution in [2.75, 3.05) is 7.11 Å². The first kappa shape index (κ1) is 12.7. The zero-order valence-corrected chi connectivity index (χ0v) is 9.51. The molecule has 4 nitrogen and oxygen atoms in total. The summed E-state index contributed by atoms with van der Waals surface area (Å²) in [5.41, 5.74) is 7.62. The number of rotatable bonds is 5. The zero-order valence-electron chi connectivity index (χ0n) is 9.51. The van der Waals surface area contributed by atoms with Crippen LogP contribution in [-0.4, -0.2) is 18.2 Å². The first-order valence-corrected chi connectivity index (χ1v) is 5.14. The van der Waals surface area contributed by atoms with Crippen LogP contribution in [0.3, 0.4) is 0 Å². The topological polar surface area (TPSA) is 72.5 Å². The van der Waals surface area contributed by atoms with Crippen LogP contribution in [0.1, 0.15) is 36.6 Å². The number of benzene rings is 1. The van der Waals surface area contributed by atoms with Crippen molar-refractivity contribution in [1.29, 1.82) is 0 Å². The molecule has 0 saturated carbocycles. The fraction of sp³-hybridized carbons (Fsp3) is 0.417. The van der Waals surface area contributed by atoms with E-state index in [2.05, 4.69) is 0 Å². The van der Waals surface area contributed by atoms with Gasteiger partial charge in [0.15, 0.2) is 0 Å². The third kappa shape index (κ3) is 3.32. The maximum Gasteiger partial charge on any atom is 0.305 e. The number of carboxylic acid groups (broad SMARTS) is 1. The van der Waals surface area contributed by atoms with Gasteiger partial charge in [-0.05, 0) is 18.1 Å². The van der Waals surface area contributed by atoms with E-state index in [4.69, 9.17) is 15.6 Å². The van der Waals surface area contributed by atoms with Crippen molar-refractivity contribution in [3.8, 4) is 0 Å². The fourth-order valence-electron chi connectivity index (χ4n) is 1.46. The van der Waals surface area contributed by atoms with Crippen molar-refractivity contribution in [2.24, 2.45) is 5.73 Å². The summed E-state index contributed by atoms with van der Waals surface area (Å²) >= 11 is 0. The summed E-state index contributed by atoms with van der Waals surface area (Å²) in [5.74, 6) is -0.887. The van der Waals surface area contributed by atoms with Crippen molar-refractivity contribution >= 4 is 5.97 Å². The van der Waals surface area contributed by atoms with Gasteiger partial charge in [-0.25, -0.2) is 0 Å². The Morgan fingerprint density at radius 3 is 2.31 bits per heavy atom. The highest BCUT2D eigenvalue weighted by Gasteiger charge is 2.11. The molecule has 3 N–H and O–H groups in total. The lowest BCUT2D eigenvalue weighted by molar-refractivity contribution is -0.137. The third-order valence-corrected chi connectivity index (χ3v) is 2.58. The number of ether oxygens (including phenoxy) is 1. The van der Waals surface area contributed by atoms with Crippen molar-refractivity contribution in [3.05, 3.63) is 35.4 Å². The Morgan fingerprint density at radius 2 is 1.88 bits per heavy atom. The predicted molar refractivity (Wildman–Crippen MR) is 61.0 cm³/mol. The summed E-state index contributed by atoms with van der Waals surface area (Å²) in [5, 5.41) is 8.63. The Morgan fingerprint density at radius 1 is 1.38 bits per heavy atom. The molecule has 0 aliphatic heterocycles. The number of nitrogens with two attached hydrogens (primary N) is 1. The van der Waals surface area contributed by atoms with Gasteiger partial charge in [-0.2, -0.15) is 0 Å². The van der Waals surface area contributed by atoms with Crippen LogP contribution in [0.15, 0.2) is 24.3 Å². The number of carboxylic acids is 1. The highest BCUT2D eigenvalue weighted by molar-refractivity contribution is 5.67. The molecular formula is C12H17NO3. The van der Waals surface area contributed by atoms with Gasteiger partial charge < -0.3 is 15.6 Å². The van der Waals surface area contributed by atoms with Gasteiger partial charge in [-0.1, -0.05) is 24.3 Å². The molecule has 0 aliphatic carbocycles. The summed E-state index contributed by atoms with van der Waals surface area (Å²) < 4.78 is 5.18. The summed E-state index contributed by atoms with van der Waals surface area (Å²) in [6, 6.07) is 7.05. The number of hydrogen-bond acceptors (Lipinski definition) is 3. The van der Waals surface area contributed by atoms with Crippen LogP contribution in [0.25, 0.3) is 0 Å². The molecule has 0 aromatic heterocycles. The molecule has 0 amide bonds. The Hall–Kier alpha value is -1.39. The van der Waals surface area contributed by atoms with Gasteiger partial charge in [0.2, 0.25) is 0 Å². The molecule has 0 radical (unpaired) electrons. The molecule has 2 unspecified atom stereocenters. The van der Waals surface area contributed by atoms with Gasteiger partial charge in [0.25, 0.3) is 0 Å². The minimum atomic E-state index is -0.887. The number of hydrogen-bond donors (Lipinski definition) is 2. The van der Waals surface area contributed by atoms with E-state index in [-0.39, 0.29) is 12.5 Å². The van der Waals surface area contributed by atoms with E-state index in [1.54, 1.807) is 7.11 Å². The average molecular weight is 223 g/mol. The second-order valence-electron chi connectivity index (χ2n) is 3.75. The van der Waals surface area contributed by atoms with Crippen molar-refractivity contribution in [3.63, 3.8) is 0 Å². The second-order valence-corrected chi connectivity index (χ2v) is 3.75. The molecule has 0 bridgehead atoms. The molecule has 16 heavy (non-hydrogen) atoms. The van der Waals surface area contributed by atoms with E-state index in [1.165, 1.54) is 0 Å². The van der Waals surface area contributed by atoms with Gasteiger partial charge in [0.1, 0.15) is 0 Å². The van der Waals surface area contributed by atoms with Gasteiger partial charge in [-0.15, -0.1) is 0 Å². The van der Waals surface area contributed by atoms with E-state index in [0.717, 1.165) is 11.1 Å². The highest BCUT2D eigenvalue weighted by Crippen LogP contribution is 2.19. The maximum absolute atomic E-state index is 10.5. The minimum Gasteiger partial charge on any atom is -0.481 e. The van der Waals surface area contributed by atoms with Crippen LogP contribution < -0.4 is 5.73 Å². The van der Waals surface area contributed by atoms with Crippen LogP contribution in [0.5, 0.6) is 0 Å². The monoisotopic (exact) mass is 223 g/mol. The molecule has 0 heterocycles. The molecule has 1 aromatic carbocycles. The fourth-order valence-corrected chi connectivity index (χ4v) is 1.46. The molecule has 4 heteroatoms. The normalized spacial score (nSPS) is 14.4. The van der Waals surface area contributed by atoms with Crippen molar-refractivity contribution in [1.82, 2.24) is 0 Å². The molecule has 1 aromatic rings. The average Bonchev–Trinajstić information content (AvgIpc) is 2.27. The van der Waals surface area contributed by atoms with E-state index in [9.17, 15) is 4.79 Å². The molecule has 2 atom stereocenters. The summed E-state index contributed by atoms with van der Waals surface area (Å²) in [4.78, 5) is 10.5. The van der Waals surface area contributed by atoms with Crippen LogP contribution in [0.4, 0.5) is 0 Å². The Bertz CT molecular complexity index is 348. The largest absolute Gasteiger partial charge is 0.481 e. The van der Waals surface area contributed by atoms with Crippen LogP contribution in [0.2, 0.25) is 0 Å².